The van der Waals surface area contributed by atoms with Crippen LogP contribution in [0, 0.1) is 5.82 Å². The van der Waals surface area contributed by atoms with Crippen LogP contribution in [0.1, 0.15) is 22.8 Å². The second kappa shape index (κ2) is 10.7. The highest BCUT2D eigenvalue weighted by Gasteiger charge is 2.29. The molecule has 0 aliphatic carbocycles. The molecule has 0 aliphatic rings. The molecule has 2 aromatic carbocycles. The molecular weight excluding hydrogens is 458 g/mol. The first-order valence-electron chi connectivity index (χ1n) is 10.4. The predicted octanol–water partition coefficient (Wildman–Crippen LogP) is 3.37. The van der Waals surface area contributed by atoms with Crippen molar-refractivity contribution in [1.29, 1.82) is 0 Å². The summed E-state index contributed by atoms with van der Waals surface area (Å²) >= 11 is 0. The van der Waals surface area contributed by atoms with Gasteiger partial charge in [0.05, 0.1) is 11.1 Å². The van der Waals surface area contributed by atoms with E-state index in [1.165, 1.54) is 4.57 Å². The number of aliphatic hydroxyl groups is 1. The molecular formula is C23H25F4N3O4. The molecule has 11 heteroatoms. The number of rotatable bonds is 11. The lowest BCUT2D eigenvalue weighted by Crippen LogP contribution is -2.32. The molecule has 0 spiro atoms. The number of amides is 1. The fourth-order valence-corrected chi connectivity index (χ4v) is 3.60. The van der Waals surface area contributed by atoms with Crippen molar-refractivity contribution in [2.45, 2.75) is 32.3 Å². The molecule has 0 unspecified atom stereocenters. The molecule has 7 nitrogen and oxygen atoms in total. The predicted molar refractivity (Wildman–Crippen MR) is 117 cm³/mol. The highest BCUT2D eigenvalue weighted by Crippen LogP contribution is 2.29. The maximum absolute atomic E-state index is 13.5. The van der Waals surface area contributed by atoms with Gasteiger partial charge in [0, 0.05) is 30.2 Å². The van der Waals surface area contributed by atoms with Gasteiger partial charge in [-0.2, -0.15) is 13.2 Å². The Morgan fingerprint density at radius 2 is 1.94 bits per heavy atom. The van der Waals surface area contributed by atoms with E-state index in [2.05, 4.69) is 5.32 Å². The van der Waals surface area contributed by atoms with Crippen molar-refractivity contribution in [2.24, 2.45) is 5.73 Å². The highest BCUT2D eigenvalue weighted by molar-refractivity contribution is 6.05. The summed E-state index contributed by atoms with van der Waals surface area (Å²) in [5.74, 6) is -1.59. The van der Waals surface area contributed by atoms with E-state index < -0.39 is 24.5 Å². The van der Waals surface area contributed by atoms with Gasteiger partial charge in [-0.3, -0.25) is 4.79 Å². The third-order valence-corrected chi connectivity index (χ3v) is 5.03. The fourth-order valence-electron chi connectivity index (χ4n) is 3.60. The number of aromatic nitrogens is 1. The summed E-state index contributed by atoms with van der Waals surface area (Å²) in [5, 5.41) is 13.4. The maximum atomic E-state index is 13.5. The van der Waals surface area contributed by atoms with Crippen LogP contribution in [-0.4, -0.2) is 47.6 Å². The number of halogens is 4. The molecule has 0 saturated carbocycles. The highest BCUT2D eigenvalue weighted by atomic mass is 19.4. The quantitative estimate of drug-likeness (QED) is 0.287. The molecule has 34 heavy (non-hydrogen) atoms. The summed E-state index contributed by atoms with van der Waals surface area (Å²) in [5.41, 5.74) is 7.24. The molecule has 0 radical (unpaired) electrons. The number of hydrogen-bond acceptors (Lipinski definition) is 5. The Bertz CT molecular complexity index is 1150. The van der Waals surface area contributed by atoms with Gasteiger partial charge in [-0.05, 0) is 49.2 Å². The van der Waals surface area contributed by atoms with Gasteiger partial charge in [-0.15, -0.1) is 0 Å². The van der Waals surface area contributed by atoms with Crippen molar-refractivity contribution in [3.8, 4) is 11.5 Å². The SMILES string of the molecule is C[C@H](Cc1cc(C(N)=O)c2c(ccn2CO)c1)NCCOc1cc(F)ccc1OCC(F)(F)F. The van der Waals surface area contributed by atoms with Crippen molar-refractivity contribution < 1.29 is 36.9 Å². The van der Waals surface area contributed by atoms with Crippen LogP contribution in [0.3, 0.4) is 0 Å². The molecule has 1 atom stereocenters. The Labute approximate surface area is 193 Å². The zero-order valence-corrected chi connectivity index (χ0v) is 18.4. The summed E-state index contributed by atoms with van der Waals surface area (Å²) in [7, 11) is 0. The van der Waals surface area contributed by atoms with Crippen LogP contribution < -0.4 is 20.5 Å². The van der Waals surface area contributed by atoms with Gasteiger partial charge in [0.1, 0.15) is 19.2 Å². The second-order valence-electron chi connectivity index (χ2n) is 7.78. The molecule has 1 aromatic heterocycles. The van der Waals surface area contributed by atoms with Crippen LogP contribution >= 0.6 is 0 Å². The third-order valence-electron chi connectivity index (χ3n) is 5.03. The molecule has 0 aliphatic heterocycles. The number of carbonyl (C=O) groups excluding carboxylic acids is 1. The van der Waals surface area contributed by atoms with Crippen molar-refractivity contribution in [3.05, 3.63) is 59.5 Å². The maximum Gasteiger partial charge on any atom is 0.422 e. The average Bonchev–Trinajstić information content (AvgIpc) is 3.17. The molecule has 0 bridgehead atoms. The Morgan fingerprint density at radius 1 is 1.18 bits per heavy atom. The minimum absolute atomic E-state index is 0.0566. The standard InChI is InChI=1S/C23H25F4N3O4/c1-14(8-15-9-16-4-6-30(13-31)21(16)18(10-15)22(28)32)29-5-7-33-20-11-17(24)2-3-19(20)34-12-23(25,26)27/h2-4,6,9-11,14,29,31H,5,7-8,12-13H2,1H3,(H2,28,32)/t14-/m1/s1. The van der Waals surface area contributed by atoms with Crippen LogP contribution in [0.25, 0.3) is 10.9 Å². The first-order chi connectivity index (χ1) is 16.1. The van der Waals surface area contributed by atoms with Crippen LogP contribution in [-0.2, 0) is 13.2 Å². The summed E-state index contributed by atoms with van der Waals surface area (Å²) in [6, 6.07) is 8.35. The topological polar surface area (TPSA) is 98.7 Å². The summed E-state index contributed by atoms with van der Waals surface area (Å²) in [6.07, 6.45) is -2.32. The van der Waals surface area contributed by atoms with E-state index in [9.17, 15) is 27.5 Å². The Morgan fingerprint density at radius 3 is 2.62 bits per heavy atom. The first-order valence-corrected chi connectivity index (χ1v) is 10.4. The number of fused-ring (bicyclic) bond motifs is 1. The Hall–Kier alpha value is -3.31. The normalized spacial score (nSPS) is 12.6. The van der Waals surface area contributed by atoms with Crippen molar-refractivity contribution >= 4 is 16.8 Å². The van der Waals surface area contributed by atoms with E-state index in [0.29, 0.717) is 24.0 Å². The lowest BCUT2D eigenvalue weighted by molar-refractivity contribution is -0.153. The number of nitrogens with two attached hydrogens (primary N) is 1. The van der Waals surface area contributed by atoms with Gasteiger partial charge in [0.2, 0.25) is 0 Å². The second-order valence-corrected chi connectivity index (χ2v) is 7.78. The number of benzene rings is 2. The molecule has 184 valence electrons. The Balaban J connectivity index is 1.57. The molecule has 1 heterocycles. The van der Waals surface area contributed by atoms with Gasteiger partial charge in [0.25, 0.3) is 5.91 Å². The largest absolute Gasteiger partial charge is 0.488 e. The van der Waals surface area contributed by atoms with E-state index in [4.69, 9.17) is 15.2 Å². The summed E-state index contributed by atoms with van der Waals surface area (Å²) < 4.78 is 62.4. The molecule has 3 rings (SSSR count). The number of alkyl halides is 3. The molecule has 1 amide bonds. The van der Waals surface area contributed by atoms with Gasteiger partial charge in [-0.1, -0.05) is 0 Å². The smallest absolute Gasteiger partial charge is 0.422 e. The monoisotopic (exact) mass is 483 g/mol. The zero-order valence-electron chi connectivity index (χ0n) is 18.4. The number of primary amides is 1. The van der Waals surface area contributed by atoms with E-state index in [1.54, 1.807) is 18.3 Å². The van der Waals surface area contributed by atoms with Crippen LogP contribution in [0.15, 0.2) is 42.6 Å². The lowest BCUT2D eigenvalue weighted by atomic mass is 10.0. The minimum atomic E-state index is -4.53. The summed E-state index contributed by atoms with van der Waals surface area (Å²) in [6.45, 7) is 0.495. The van der Waals surface area contributed by atoms with Crippen LogP contribution in [0.2, 0.25) is 0 Å². The Kier molecular flexibility index (Phi) is 8.00. The van der Waals surface area contributed by atoms with Crippen LogP contribution in [0.4, 0.5) is 17.6 Å². The van der Waals surface area contributed by atoms with Crippen molar-refractivity contribution in [1.82, 2.24) is 9.88 Å². The van der Waals surface area contributed by atoms with E-state index in [0.717, 1.165) is 29.1 Å². The summed E-state index contributed by atoms with van der Waals surface area (Å²) in [4.78, 5) is 11.9. The minimum Gasteiger partial charge on any atom is -0.488 e. The first kappa shape index (κ1) is 25.3. The lowest BCUT2D eigenvalue weighted by Gasteiger charge is -2.17. The van der Waals surface area contributed by atoms with Gasteiger partial charge < -0.3 is 30.2 Å². The van der Waals surface area contributed by atoms with Crippen LogP contribution in [0.5, 0.6) is 11.5 Å². The zero-order chi connectivity index (χ0) is 24.9. The number of aliphatic hydroxyl groups excluding tert-OH is 1. The van der Waals surface area contributed by atoms with Crippen molar-refractivity contribution in [2.75, 3.05) is 19.8 Å². The van der Waals surface area contributed by atoms with Gasteiger partial charge in [0.15, 0.2) is 18.1 Å². The van der Waals surface area contributed by atoms with E-state index in [-0.39, 0.29) is 30.9 Å². The molecule has 3 aromatic rings. The number of nitrogens with one attached hydrogen (secondary N) is 1. The molecule has 0 fully saturated rings. The third kappa shape index (κ3) is 6.61. The fraction of sp³-hybridized carbons (Fsp3) is 0.348. The van der Waals surface area contributed by atoms with E-state index in [1.807, 2.05) is 13.0 Å². The van der Waals surface area contributed by atoms with Crippen molar-refractivity contribution in [3.63, 3.8) is 0 Å². The van der Waals surface area contributed by atoms with E-state index >= 15 is 0 Å². The molecule has 4 N–H and O–H groups in total. The van der Waals surface area contributed by atoms with Gasteiger partial charge >= 0.3 is 6.18 Å². The van der Waals surface area contributed by atoms with Gasteiger partial charge in [-0.25, -0.2) is 4.39 Å². The average molecular weight is 483 g/mol. The number of ether oxygens (including phenoxy) is 2. The number of nitrogens with zero attached hydrogens (tertiary/aromatic N) is 1. The molecule has 0 saturated heterocycles. The number of carbonyl (C=O) groups is 1. The number of hydrogen-bond donors (Lipinski definition) is 3.